The summed E-state index contributed by atoms with van der Waals surface area (Å²) in [5, 5.41) is 9.40. The van der Waals surface area contributed by atoms with Crippen molar-refractivity contribution in [1.82, 2.24) is 4.72 Å². The first-order valence-electron chi connectivity index (χ1n) is 8.58. The minimum Gasteiger partial charge on any atom is -0.480 e. The Morgan fingerprint density at radius 2 is 1.89 bits per heavy atom. The largest absolute Gasteiger partial charge is 0.480 e. The molecule has 0 aromatic heterocycles. The van der Waals surface area contributed by atoms with Crippen LogP contribution in [0.25, 0.3) is 0 Å². The molecule has 1 aliphatic rings. The Morgan fingerprint density at radius 3 is 2.50 bits per heavy atom. The van der Waals surface area contributed by atoms with Gasteiger partial charge in [0.05, 0.1) is 4.90 Å². The lowest BCUT2D eigenvalue weighted by molar-refractivity contribution is -0.138. The summed E-state index contributed by atoms with van der Waals surface area (Å²) in [6, 6.07) is 8.13. The molecule has 2 aromatic rings. The van der Waals surface area contributed by atoms with Crippen molar-refractivity contribution in [2.45, 2.75) is 30.7 Å². The molecular formula is C19H19FN2O5S. The zero-order chi connectivity index (χ0) is 20.5. The molecular weight excluding hydrogens is 387 g/mol. The Labute approximate surface area is 161 Å². The molecule has 0 radical (unpaired) electrons. The predicted octanol–water partition coefficient (Wildman–Crippen LogP) is 1.71. The Bertz CT molecular complexity index is 1020. The second-order valence-corrected chi connectivity index (χ2v) is 8.27. The third-order valence-corrected chi connectivity index (χ3v) is 6.05. The van der Waals surface area contributed by atoms with Crippen LogP contribution >= 0.6 is 0 Å². The number of rotatable bonds is 6. The SMILES string of the molecule is CC(=O)N1CCc2cc(S(=O)(=O)NC(Cc3ccc(F)cc3)C(=O)O)ccc21. The lowest BCUT2D eigenvalue weighted by Crippen LogP contribution is -2.42. The number of carboxylic acids is 1. The summed E-state index contributed by atoms with van der Waals surface area (Å²) in [5.74, 6) is -1.93. The molecule has 28 heavy (non-hydrogen) atoms. The van der Waals surface area contributed by atoms with E-state index in [1.165, 1.54) is 43.3 Å². The van der Waals surface area contributed by atoms with E-state index in [0.717, 1.165) is 0 Å². The van der Waals surface area contributed by atoms with Crippen molar-refractivity contribution in [1.29, 1.82) is 0 Å². The fourth-order valence-corrected chi connectivity index (χ4v) is 4.40. The van der Waals surface area contributed by atoms with Gasteiger partial charge in [-0.05, 0) is 54.3 Å². The van der Waals surface area contributed by atoms with Crippen LogP contribution in [-0.4, -0.2) is 38.0 Å². The van der Waals surface area contributed by atoms with Gasteiger partial charge in [-0.1, -0.05) is 12.1 Å². The van der Waals surface area contributed by atoms with E-state index in [2.05, 4.69) is 4.72 Å². The Balaban J connectivity index is 1.82. The highest BCUT2D eigenvalue weighted by molar-refractivity contribution is 7.89. The standard InChI is InChI=1S/C19H19FN2O5S/c1-12(23)22-9-8-14-11-16(6-7-18(14)22)28(26,27)21-17(19(24)25)10-13-2-4-15(20)5-3-13/h2-7,11,17,21H,8-10H2,1H3,(H,24,25). The fourth-order valence-electron chi connectivity index (χ4n) is 3.16. The lowest BCUT2D eigenvalue weighted by atomic mass is 10.1. The van der Waals surface area contributed by atoms with Gasteiger partial charge in [0.1, 0.15) is 11.9 Å². The molecule has 0 aliphatic carbocycles. The molecule has 1 amide bonds. The molecule has 3 rings (SSSR count). The molecule has 0 fully saturated rings. The third-order valence-electron chi connectivity index (χ3n) is 4.59. The van der Waals surface area contributed by atoms with Crippen LogP contribution in [0, 0.1) is 5.82 Å². The molecule has 2 aromatic carbocycles. The molecule has 0 spiro atoms. The molecule has 0 saturated carbocycles. The smallest absolute Gasteiger partial charge is 0.322 e. The first-order chi connectivity index (χ1) is 13.2. The molecule has 148 valence electrons. The lowest BCUT2D eigenvalue weighted by Gasteiger charge is -2.17. The molecule has 0 saturated heterocycles. The van der Waals surface area contributed by atoms with Gasteiger partial charge in [0, 0.05) is 19.2 Å². The van der Waals surface area contributed by atoms with E-state index in [-0.39, 0.29) is 17.2 Å². The molecule has 2 N–H and O–H groups in total. The van der Waals surface area contributed by atoms with Gasteiger partial charge in [-0.2, -0.15) is 4.72 Å². The number of anilines is 1. The van der Waals surface area contributed by atoms with Gasteiger partial charge in [0.2, 0.25) is 15.9 Å². The van der Waals surface area contributed by atoms with E-state index in [9.17, 15) is 27.5 Å². The number of hydrogen-bond acceptors (Lipinski definition) is 4. The monoisotopic (exact) mass is 406 g/mol. The number of nitrogens with one attached hydrogen (secondary N) is 1. The van der Waals surface area contributed by atoms with Gasteiger partial charge >= 0.3 is 5.97 Å². The maximum absolute atomic E-state index is 13.0. The van der Waals surface area contributed by atoms with Crippen molar-refractivity contribution in [3.8, 4) is 0 Å². The number of amides is 1. The highest BCUT2D eigenvalue weighted by atomic mass is 32.2. The Hall–Kier alpha value is -2.78. The molecule has 1 atom stereocenters. The Morgan fingerprint density at radius 1 is 1.21 bits per heavy atom. The van der Waals surface area contributed by atoms with Gasteiger partial charge in [0.15, 0.2) is 0 Å². The summed E-state index contributed by atoms with van der Waals surface area (Å²) in [6.07, 6.45) is 0.397. The summed E-state index contributed by atoms with van der Waals surface area (Å²) in [6.45, 7) is 1.91. The van der Waals surface area contributed by atoms with E-state index in [1.807, 2.05) is 0 Å². The average molecular weight is 406 g/mol. The van der Waals surface area contributed by atoms with Crippen LogP contribution in [0.5, 0.6) is 0 Å². The minimum absolute atomic E-state index is 0.0676. The fraction of sp³-hybridized carbons (Fsp3) is 0.263. The number of carboxylic acid groups (broad SMARTS) is 1. The summed E-state index contributed by atoms with van der Waals surface area (Å²) >= 11 is 0. The number of sulfonamides is 1. The second-order valence-electron chi connectivity index (χ2n) is 6.55. The van der Waals surface area contributed by atoms with E-state index in [1.54, 1.807) is 11.0 Å². The van der Waals surface area contributed by atoms with Crippen LogP contribution in [0.1, 0.15) is 18.1 Å². The number of aliphatic carboxylic acids is 1. The highest BCUT2D eigenvalue weighted by Gasteiger charge is 2.28. The van der Waals surface area contributed by atoms with E-state index >= 15 is 0 Å². The molecule has 7 nitrogen and oxygen atoms in total. The maximum Gasteiger partial charge on any atom is 0.322 e. The number of fused-ring (bicyclic) bond motifs is 1. The highest BCUT2D eigenvalue weighted by Crippen LogP contribution is 2.30. The van der Waals surface area contributed by atoms with Crippen LogP contribution in [-0.2, 0) is 32.5 Å². The van der Waals surface area contributed by atoms with Crippen LogP contribution < -0.4 is 9.62 Å². The van der Waals surface area contributed by atoms with Gasteiger partial charge < -0.3 is 10.0 Å². The quantitative estimate of drug-likeness (QED) is 0.760. The molecule has 9 heteroatoms. The first-order valence-corrected chi connectivity index (χ1v) is 10.1. The number of halogens is 1. The summed E-state index contributed by atoms with van der Waals surface area (Å²) < 4.78 is 40.6. The van der Waals surface area contributed by atoms with Crippen molar-refractivity contribution < 1.29 is 27.5 Å². The van der Waals surface area contributed by atoms with Crippen LogP contribution in [0.4, 0.5) is 10.1 Å². The predicted molar refractivity (Wildman–Crippen MR) is 100 cm³/mol. The third kappa shape index (κ3) is 4.20. The Kier molecular flexibility index (Phi) is 5.48. The van der Waals surface area contributed by atoms with Crippen molar-refractivity contribution >= 4 is 27.6 Å². The number of hydrogen-bond donors (Lipinski definition) is 2. The van der Waals surface area contributed by atoms with E-state index < -0.39 is 27.9 Å². The summed E-state index contributed by atoms with van der Waals surface area (Å²) in [4.78, 5) is 24.6. The molecule has 0 bridgehead atoms. The topological polar surface area (TPSA) is 104 Å². The molecule has 1 unspecified atom stereocenters. The zero-order valence-electron chi connectivity index (χ0n) is 15.1. The summed E-state index contributed by atoms with van der Waals surface area (Å²) in [7, 11) is -4.10. The first kappa shape index (κ1) is 20.0. The van der Waals surface area contributed by atoms with E-state index in [4.69, 9.17) is 0 Å². The van der Waals surface area contributed by atoms with Gasteiger partial charge in [0.25, 0.3) is 0 Å². The van der Waals surface area contributed by atoms with Crippen molar-refractivity contribution in [2.24, 2.45) is 0 Å². The molecule has 1 heterocycles. The second kappa shape index (κ2) is 7.69. The number of nitrogens with zero attached hydrogens (tertiary/aromatic N) is 1. The van der Waals surface area contributed by atoms with Crippen molar-refractivity contribution in [2.75, 3.05) is 11.4 Å². The normalized spacial score (nSPS) is 14.6. The van der Waals surface area contributed by atoms with Gasteiger partial charge in [-0.15, -0.1) is 0 Å². The van der Waals surface area contributed by atoms with Crippen LogP contribution in [0.2, 0.25) is 0 Å². The van der Waals surface area contributed by atoms with Gasteiger partial charge in [-0.3, -0.25) is 9.59 Å². The van der Waals surface area contributed by atoms with Gasteiger partial charge in [-0.25, -0.2) is 12.8 Å². The number of benzene rings is 2. The number of carbonyl (C=O) groups excluding carboxylic acids is 1. The minimum atomic E-state index is -4.10. The van der Waals surface area contributed by atoms with E-state index in [0.29, 0.717) is 29.8 Å². The number of carbonyl (C=O) groups is 2. The van der Waals surface area contributed by atoms with Crippen LogP contribution in [0.3, 0.4) is 0 Å². The average Bonchev–Trinajstić information content (AvgIpc) is 3.06. The van der Waals surface area contributed by atoms with Crippen LogP contribution in [0.15, 0.2) is 47.4 Å². The maximum atomic E-state index is 13.0. The summed E-state index contributed by atoms with van der Waals surface area (Å²) in [5.41, 5.74) is 1.86. The van der Waals surface area contributed by atoms with Crippen molar-refractivity contribution in [3.63, 3.8) is 0 Å². The zero-order valence-corrected chi connectivity index (χ0v) is 15.9. The molecule has 1 aliphatic heterocycles. The van der Waals surface area contributed by atoms with Crippen molar-refractivity contribution in [3.05, 3.63) is 59.4 Å².